The number of benzene rings is 1. The largest absolute Gasteiger partial charge is 0.501 e. The van der Waals surface area contributed by atoms with Crippen molar-refractivity contribution in [2.75, 3.05) is 5.32 Å². The number of pyridine rings is 1. The van der Waals surface area contributed by atoms with Crippen LogP contribution in [0.3, 0.4) is 0 Å². The minimum Gasteiger partial charge on any atom is -0.381 e. The van der Waals surface area contributed by atoms with Crippen molar-refractivity contribution in [1.29, 1.82) is 0 Å². The lowest BCUT2D eigenvalue weighted by Gasteiger charge is -2.29. The number of rotatable bonds is 5. The topological polar surface area (TPSA) is 76.9 Å². The summed E-state index contributed by atoms with van der Waals surface area (Å²) in [6.07, 6.45) is 7.33. The fourth-order valence-corrected chi connectivity index (χ4v) is 5.20. The van der Waals surface area contributed by atoms with E-state index in [0.29, 0.717) is 40.1 Å². The Labute approximate surface area is 178 Å². The van der Waals surface area contributed by atoms with Crippen LogP contribution in [0.2, 0.25) is 0 Å². The first kappa shape index (κ1) is 21.9. The standard InChI is InChI=1S/C21H25F3N4O2S/c1-3-28-20-17(12-25-28)19(26-13(2)14-7-5-4-6-8-14)16-11-15(9-10-18(16)27-20)31(29,30)21(22,23)24/h9-14H,3-8H2,1-2H3,(H,26,27)/t13-/m0/s1. The van der Waals surface area contributed by atoms with Crippen molar-refractivity contribution in [3.8, 4) is 0 Å². The summed E-state index contributed by atoms with van der Waals surface area (Å²) in [5, 5.41) is 8.84. The number of nitrogens with one attached hydrogen (secondary N) is 1. The quantitative estimate of drug-likeness (QED) is 0.568. The van der Waals surface area contributed by atoms with E-state index in [1.807, 2.05) is 6.92 Å². The normalized spacial score (nSPS) is 17.3. The predicted molar refractivity (Wildman–Crippen MR) is 114 cm³/mol. The Morgan fingerprint density at radius 2 is 1.90 bits per heavy atom. The average molecular weight is 455 g/mol. The summed E-state index contributed by atoms with van der Waals surface area (Å²) in [5.41, 5.74) is -3.76. The van der Waals surface area contributed by atoms with Crippen molar-refractivity contribution in [1.82, 2.24) is 14.8 Å². The maximum atomic E-state index is 13.1. The molecule has 1 aromatic carbocycles. The summed E-state index contributed by atoms with van der Waals surface area (Å²) < 4.78 is 65.2. The summed E-state index contributed by atoms with van der Waals surface area (Å²) in [6, 6.07) is 3.44. The molecular formula is C21H25F3N4O2S. The Hall–Kier alpha value is -2.36. The molecule has 1 aliphatic carbocycles. The summed E-state index contributed by atoms with van der Waals surface area (Å²) in [5.74, 6) is 0.440. The maximum Gasteiger partial charge on any atom is 0.501 e. The number of hydrogen-bond donors (Lipinski definition) is 1. The molecule has 0 aliphatic heterocycles. The summed E-state index contributed by atoms with van der Waals surface area (Å²) in [6.45, 7) is 4.57. The average Bonchev–Trinajstić information content (AvgIpc) is 3.15. The van der Waals surface area contributed by atoms with Gasteiger partial charge in [-0.1, -0.05) is 19.3 Å². The molecule has 31 heavy (non-hydrogen) atoms. The van der Waals surface area contributed by atoms with Crippen LogP contribution in [0.25, 0.3) is 21.9 Å². The first-order valence-corrected chi connectivity index (χ1v) is 12.0. The van der Waals surface area contributed by atoms with Crippen molar-refractivity contribution in [3.63, 3.8) is 0 Å². The van der Waals surface area contributed by atoms with E-state index in [9.17, 15) is 21.6 Å². The highest BCUT2D eigenvalue weighted by Crippen LogP contribution is 2.37. The highest BCUT2D eigenvalue weighted by molar-refractivity contribution is 7.92. The molecule has 10 heteroatoms. The Bertz CT molecular complexity index is 1210. The number of aromatic nitrogens is 3. The number of sulfone groups is 1. The van der Waals surface area contributed by atoms with Gasteiger partial charge in [0.15, 0.2) is 5.65 Å². The first-order valence-electron chi connectivity index (χ1n) is 10.5. The molecule has 2 aromatic heterocycles. The van der Waals surface area contributed by atoms with Crippen LogP contribution in [0.15, 0.2) is 29.3 Å². The molecule has 1 saturated carbocycles. The number of halogens is 3. The molecule has 4 rings (SSSR count). The first-order chi connectivity index (χ1) is 14.6. The molecule has 0 amide bonds. The van der Waals surface area contributed by atoms with Crippen molar-refractivity contribution < 1.29 is 21.6 Å². The van der Waals surface area contributed by atoms with Crippen molar-refractivity contribution in [3.05, 3.63) is 24.4 Å². The van der Waals surface area contributed by atoms with Crippen LogP contribution in [0, 0.1) is 5.92 Å². The highest BCUT2D eigenvalue weighted by Gasteiger charge is 2.47. The Kier molecular flexibility index (Phi) is 5.61. The number of anilines is 1. The molecule has 2 heterocycles. The van der Waals surface area contributed by atoms with Crippen LogP contribution >= 0.6 is 0 Å². The van der Waals surface area contributed by atoms with Gasteiger partial charge in [-0.05, 0) is 50.8 Å². The zero-order valence-electron chi connectivity index (χ0n) is 17.4. The molecule has 0 spiro atoms. The van der Waals surface area contributed by atoms with E-state index in [0.717, 1.165) is 37.8 Å². The third-order valence-electron chi connectivity index (χ3n) is 6.19. The zero-order valence-corrected chi connectivity index (χ0v) is 18.2. The SMILES string of the molecule is CCn1ncc2c(N[C@@H](C)C3CCCCC3)c3cc(S(=O)(=O)C(F)(F)F)ccc3nc21. The molecule has 0 saturated heterocycles. The number of aryl methyl sites for hydroxylation is 1. The van der Waals surface area contributed by atoms with Gasteiger partial charge >= 0.3 is 5.51 Å². The van der Waals surface area contributed by atoms with E-state index < -0.39 is 20.2 Å². The van der Waals surface area contributed by atoms with Crippen LogP contribution in [-0.4, -0.2) is 34.7 Å². The molecule has 0 radical (unpaired) electrons. The van der Waals surface area contributed by atoms with Gasteiger partial charge in [0.1, 0.15) is 0 Å². The van der Waals surface area contributed by atoms with Crippen LogP contribution in [-0.2, 0) is 16.4 Å². The van der Waals surface area contributed by atoms with Gasteiger partial charge in [-0.15, -0.1) is 0 Å². The van der Waals surface area contributed by atoms with Crippen molar-refractivity contribution in [2.45, 2.75) is 68.9 Å². The van der Waals surface area contributed by atoms with Crippen LogP contribution in [0.5, 0.6) is 0 Å². The minimum absolute atomic E-state index is 0.0713. The lowest BCUT2D eigenvalue weighted by molar-refractivity contribution is -0.0435. The van der Waals surface area contributed by atoms with E-state index in [1.54, 1.807) is 10.9 Å². The molecule has 168 valence electrons. The summed E-state index contributed by atoms with van der Waals surface area (Å²) >= 11 is 0. The molecule has 3 aromatic rings. The zero-order chi connectivity index (χ0) is 22.4. The molecule has 1 N–H and O–H groups in total. The molecule has 1 atom stereocenters. The van der Waals surface area contributed by atoms with Gasteiger partial charge in [0.05, 0.1) is 27.7 Å². The second-order valence-corrected chi connectivity index (χ2v) is 10.1. The lowest BCUT2D eigenvalue weighted by Crippen LogP contribution is -2.28. The number of hydrogen-bond acceptors (Lipinski definition) is 5. The van der Waals surface area contributed by atoms with E-state index in [-0.39, 0.29) is 6.04 Å². The maximum absolute atomic E-state index is 13.1. The second-order valence-electron chi connectivity index (χ2n) is 8.14. The van der Waals surface area contributed by atoms with Gasteiger partial charge in [-0.25, -0.2) is 18.1 Å². The van der Waals surface area contributed by atoms with Crippen LogP contribution < -0.4 is 5.32 Å². The van der Waals surface area contributed by atoms with Crippen molar-refractivity contribution in [2.24, 2.45) is 5.92 Å². The second kappa shape index (κ2) is 7.96. The molecule has 0 unspecified atom stereocenters. The van der Waals surface area contributed by atoms with E-state index in [2.05, 4.69) is 22.3 Å². The van der Waals surface area contributed by atoms with Gasteiger partial charge in [-0.2, -0.15) is 18.3 Å². The van der Waals surface area contributed by atoms with E-state index >= 15 is 0 Å². The summed E-state index contributed by atoms with van der Waals surface area (Å²) in [7, 11) is -5.46. The fourth-order valence-electron chi connectivity index (χ4n) is 4.41. The fraction of sp³-hybridized carbons (Fsp3) is 0.524. The van der Waals surface area contributed by atoms with Gasteiger partial charge in [0.25, 0.3) is 9.84 Å². The highest BCUT2D eigenvalue weighted by atomic mass is 32.2. The molecular weight excluding hydrogens is 429 g/mol. The molecule has 1 fully saturated rings. The van der Waals surface area contributed by atoms with Crippen LogP contribution in [0.4, 0.5) is 18.9 Å². The molecule has 6 nitrogen and oxygen atoms in total. The predicted octanol–water partition coefficient (Wildman–Crippen LogP) is 5.28. The van der Waals surface area contributed by atoms with Gasteiger partial charge in [0, 0.05) is 18.0 Å². The van der Waals surface area contributed by atoms with Crippen molar-refractivity contribution >= 4 is 37.5 Å². The Morgan fingerprint density at radius 1 is 1.19 bits per heavy atom. The van der Waals surface area contributed by atoms with E-state index in [1.165, 1.54) is 12.5 Å². The summed E-state index contributed by atoms with van der Waals surface area (Å²) in [4.78, 5) is 3.77. The molecule has 1 aliphatic rings. The molecule has 0 bridgehead atoms. The third-order valence-corrected chi connectivity index (χ3v) is 7.67. The smallest absolute Gasteiger partial charge is 0.381 e. The Balaban J connectivity index is 1.90. The lowest BCUT2D eigenvalue weighted by atomic mass is 9.84. The van der Waals surface area contributed by atoms with Crippen LogP contribution in [0.1, 0.15) is 46.0 Å². The van der Waals surface area contributed by atoms with Gasteiger partial charge < -0.3 is 5.32 Å². The monoisotopic (exact) mass is 454 g/mol. The number of fused-ring (bicyclic) bond motifs is 2. The Morgan fingerprint density at radius 3 is 2.55 bits per heavy atom. The number of alkyl halides is 3. The number of nitrogens with zero attached hydrogens (tertiary/aromatic N) is 3. The minimum atomic E-state index is -5.46. The van der Waals surface area contributed by atoms with Gasteiger partial charge in [0.2, 0.25) is 0 Å². The van der Waals surface area contributed by atoms with E-state index in [4.69, 9.17) is 0 Å². The third kappa shape index (κ3) is 3.86. The van der Waals surface area contributed by atoms with Gasteiger partial charge in [-0.3, -0.25) is 0 Å².